The van der Waals surface area contributed by atoms with E-state index in [1.165, 1.54) is 55.6 Å². The van der Waals surface area contributed by atoms with Crippen molar-refractivity contribution < 1.29 is 17.4 Å². The van der Waals surface area contributed by atoms with Crippen molar-refractivity contribution in [3.63, 3.8) is 0 Å². The molecule has 0 aliphatic heterocycles. The average molecular weight is 728 g/mol. The van der Waals surface area contributed by atoms with Gasteiger partial charge in [-0.15, -0.1) is 24.8 Å². The molecule has 6 rings (SSSR count). The molecule has 4 aliphatic rings. The van der Waals surface area contributed by atoms with Crippen molar-refractivity contribution in [3.05, 3.63) is 130 Å². The minimum Gasteiger partial charge on any atom is -0.147 e. The standard InChI is InChI=1S/2C17H12Cl.2CH3.2ClH.H2Si.Zr/c2*1-12-10-14-4-2-3-5-16(17(14)11-12)13-6-8-15(18)9-7-13;;;;;;/h2*2-9,11H,1H3;2*1H3;2*1H;1H2;. The predicted molar refractivity (Wildman–Crippen MR) is 191 cm³/mol. The molecule has 0 aromatic heterocycles. The van der Waals surface area contributed by atoms with Crippen LogP contribution in [0.3, 0.4) is 0 Å². The number of halogens is 4. The van der Waals surface area contributed by atoms with E-state index < -0.39 is 17.4 Å². The van der Waals surface area contributed by atoms with Gasteiger partial charge < -0.3 is 0 Å². The van der Waals surface area contributed by atoms with E-state index in [1.54, 1.807) is 6.54 Å². The number of hydrogen-bond donors (Lipinski definition) is 0. The second kappa shape index (κ2) is 12.2. The van der Waals surface area contributed by atoms with Crippen LogP contribution in [0.15, 0.2) is 109 Å². The fourth-order valence-corrected chi connectivity index (χ4v) is 25.3. The van der Waals surface area contributed by atoms with E-state index in [0.717, 1.165) is 10.0 Å². The summed E-state index contributed by atoms with van der Waals surface area (Å²) in [7, 11) is 0. The Morgan fingerprint density at radius 1 is 0.476 bits per heavy atom. The van der Waals surface area contributed by atoms with Crippen LogP contribution >= 0.6 is 48.0 Å². The topological polar surface area (TPSA) is 0 Å². The Hall–Kier alpha value is -1.90. The van der Waals surface area contributed by atoms with Crippen molar-refractivity contribution in [2.24, 2.45) is 0 Å². The summed E-state index contributed by atoms with van der Waals surface area (Å²) in [6, 6.07) is 39.2. The second-order valence-corrected chi connectivity index (χ2v) is 41.1. The van der Waals surface area contributed by atoms with Crippen LogP contribution in [0.1, 0.15) is 11.1 Å². The van der Waals surface area contributed by atoms with Gasteiger partial charge in [-0.25, -0.2) is 0 Å². The third-order valence-electron chi connectivity index (χ3n) is 8.40. The maximum atomic E-state index is 6.24. The molecule has 4 aliphatic carbocycles. The fourth-order valence-electron chi connectivity index (χ4n) is 7.02. The average Bonchev–Trinajstić information content (AvgIpc) is 3.25. The van der Waals surface area contributed by atoms with E-state index in [2.05, 4.69) is 115 Å². The molecule has 0 radical (unpaired) electrons. The molecule has 0 spiro atoms. The van der Waals surface area contributed by atoms with Crippen LogP contribution in [0.25, 0.3) is 44.5 Å². The van der Waals surface area contributed by atoms with E-state index in [-0.39, 0.29) is 24.8 Å². The Morgan fingerprint density at radius 2 is 0.786 bits per heavy atom. The zero-order valence-electron chi connectivity index (χ0n) is 24.2. The smallest absolute Gasteiger partial charge is 0.147 e. The van der Waals surface area contributed by atoms with Gasteiger partial charge >= 0.3 is 252 Å². The number of aryl methyl sites for hydroxylation is 2. The van der Waals surface area contributed by atoms with Crippen molar-refractivity contribution >= 4 is 61.4 Å². The molecule has 0 amide bonds. The first-order valence-electron chi connectivity index (χ1n) is 13.7. The second-order valence-electron chi connectivity index (χ2n) is 12.0. The molecule has 214 valence electrons. The van der Waals surface area contributed by atoms with Crippen LogP contribution in [0.5, 0.6) is 0 Å². The van der Waals surface area contributed by atoms with Gasteiger partial charge in [0.15, 0.2) is 0 Å². The van der Waals surface area contributed by atoms with Gasteiger partial charge in [0.2, 0.25) is 0 Å². The van der Waals surface area contributed by atoms with Gasteiger partial charge in [0, 0.05) is 0 Å². The Bertz CT molecular complexity index is 1770. The first-order valence-corrected chi connectivity index (χ1v) is 27.7. The maximum Gasteiger partial charge on any atom is -0.147 e. The van der Waals surface area contributed by atoms with Gasteiger partial charge in [0.25, 0.3) is 0 Å². The number of fused-ring (bicyclic) bond motifs is 2. The molecule has 2 aromatic carbocycles. The first-order chi connectivity index (χ1) is 19.0. The molecule has 0 nitrogen and oxygen atoms in total. The van der Waals surface area contributed by atoms with E-state index >= 15 is 0 Å². The molecule has 0 heterocycles. The molecule has 0 fully saturated rings. The normalized spacial score (nSPS) is 11.7. The third-order valence-corrected chi connectivity index (χ3v) is 24.2. The van der Waals surface area contributed by atoms with E-state index in [0.29, 0.717) is 0 Å². The van der Waals surface area contributed by atoms with Crippen molar-refractivity contribution in [1.82, 2.24) is 0 Å². The molecule has 0 saturated heterocycles. The van der Waals surface area contributed by atoms with Gasteiger partial charge in [0.1, 0.15) is 0 Å². The van der Waals surface area contributed by atoms with Crippen molar-refractivity contribution in [3.8, 4) is 44.5 Å². The summed E-state index contributed by atoms with van der Waals surface area (Å²) in [5, 5.41) is 1.52. The van der Waals surface area contributed by atoms with Gasteiger partial charge in [-0.2, -0.15) is 0 Å². The monoisotopic (exact) mass is 724 g/mol. The van der Waals surface area contributed by atoms with E-state index in [4.69, 9.17) is 23.2 Å². The summed E-state index contributed by atoms with van der Waals surface area (Å²) < 4.78 is 8.40. The SMILES string of the molecule is Cc1cc2c(-c3ccc(Cl)cc3)ccccc-2[c]1[Zr]([CH3])([CH3])(=[SiH2])[c]1c(C)cc2c(-c3ccc(Cl)cc3)ccccc1-2.Cl.Cl. The molecule has 0 unspecified atom stereocenters. The van der Waals surface area contributed by atoms with Gasteiger partial charge in [-0.3, -0.25) is 0 Å². The molecular formula is C36H34Cl4SiZr. The van der Waals surface area contributed by atoms with E-state index in [9.17, 15) is 0 Å². The molecule has 0 saturated carbocycles. The first kappa shape index (κ1) is 33.0. The van der Waals surface area contributed by atoms with Crippen LogP contribution < -0.4 is 6.54 Å². The van der Waals surface area contributed by atoms with Crippen molar-refractivity contribution in [2.75, 3.05) is 0 Å². The zero-order chi connectivity index (χ0) is 28.3. The van der Waals surface area contributed by atoms with Crippen molar-refractivity contribution in [1.29, 1.82) is 0 Å². The maximum absolute atomic E-state index is 6.24. The summed E-state index contributed by atoms with van der Waals surface area (Å²) in [6.45, 7) is 6.94. The number of hydrogen-bond acceptors (Lipinski definition) is 0. The molecular weight excluding hydrogens is 694 g/mol. The summed E-state index contributed by atoms with van der Waals surface area (Å²) in [5.41, 5.74) is 13.1. The molecule has 6 heteroatoms. The van der Waals surface area contributed by atoms with Crippen LogP contribution in [0.4, 0.5) is 0 Å². The van der Waals surface area contributed by atoms with Crippen LogP contribution in [0, 0.1) is 13.8 Å². The van der Waals surface area contributed by atoms with Crippen LogP contribution in [-0.4, -0.2) is 6.88 Å². The third kappa shape index (κ3) is 5.68. The largest absolute Gasteiger partial charge is 0.147 e. The van der Waals surface area contributed by atoms with Gasteiger partial charge in [-0.1, -0.05) is 0 Å². The summed E-state index contributed by atoms with van der Waals surface area (Å²) in [5.74, 6) is 0. The Morgan fingerprint density at radius 3 is 1.12 bits per heavy atom. The van der Waals surface area contributed by atoms with Crippen LogP contribution in [0.2, 0.25) is 19.3 Å². The van der Waals surface area contributed by atoms with Gasteiger partial charge in [0.05, 0.1) is 0 Å². The Kier molecular flexibility index (Phi) is 9.62. The molecule has 2 aromatic rings. The molecule has 0 N–H and O–H groups in total. The van der Waals surface area contributed by atoms with Crippen molar-refractivity contribution in [2.45, 2.75) is 23.1 Å². The summed E-state index contributed by atoms with van der Waals surface area (Å²) >= 11 is 8.67. The number of rotatable bonds is 4. The van der Waals surface area contributed by atoms with E-state index in [1.807, 2.05) is 24.3 Å². The minimum absolute atomic E-state index is 0. The number of benzene rings is 2. The Balaban J connectivity index is 0.00000202. The Labute approximate surface area is 274 Å². The zero-order valence-corrected chi connectivity index (χ0v) is 31.2. The van der Waals surface area contributed by atoms with Gasteiger partial charge in [-0.05, 0) is 0 Å². The predicted octanol–water partition coefficient (Wildman–Crippen LogP) is 10.3. The molecule has 42 heavy (non-hydrogen) atoms. The summed E-state index contributed by atoms with van der Waals surface area (Å²) in [4.78, 5) is 0. The summed E-state index contributed by atoms with van der Waals surface area (Å²) in [6.07, 6.45) is 0. The molecule has 0 bridgehead atoms. The van der Waals surface area contributed by atoms with Crippen LogP contribution in [-0.2, 0) is 17.4 Å². The minimum atomic E-state index is -3.81. The molecule has 0 atom stereocenters. The fraction of sp³-hybridized carbons (Fsp3) is 0.111. The quantitative estimate of drug-likeness (QED) is 0.159.